The van der Waals surface area contributed by atoms with Gasteiger partial charge in [-0.05, 0) is 19.3 Å². The molecule has 0 spiro atoms. The molecule has 2 atom stereocenters. The van der Waals surface area contributed by atoms with Crippen LogP contribution < -0.4 is 0 Å². The van der Waals surface area contributed by atoms with Crippen LogP contribution >= 0.6 is 0 Å². The largest absolute Gasteiger partial charge is 0.416 e. The molecule has 1 fully saturated rings. The van der Waals surface area contributed by atoms with Crippen molar-refractivity contribution in [1.82, 2.24) is 0 Å². The fourth-order valence-corrected chi connectivity index (χ4v) is 1.23. The van der Waals surface area contributed by atoms with Crippen molar-refractivity contribution in [2.75, 3.05) is 6.61 Å². The molecule has 1 saturated heterocycles. The highest BCUT2D eigenvalue weighted by molar-refractivity contribution is 4.77. The Kier molecular flexibility index (Phi) is 2.95. The van der Waals surface area contributed by atoms with Gasteiger partial charge in [-0.3, -0.25) is 0 Å². The van der Waals surface area contributed by atoms with E-state index in [4.69, 9.17) is 9.84 Å². The summed E-state index contributed by atoms with van der Waals surface area (Å²) in [7, 11) is 0. The molecule has 0 saturated carbocycles. The van der Waals surface area contributed by atoms with Gasteiger partial charge in [0.2, 0.25) is 0 Å². The highest BCUT2D eigenvalue weighted by atomic mass is 19.4. The standard InChI is InChI=1S/C7H11F3O2/c8-7(9,10)6(11)5-3-1-2-4-12-5/h5-6,11H,1-4H2. The lowest BCUT2D eigenvalue weighted by Crippen LogP contribution is -2.42. The van der Waals surface area contributed by atoms with Crippen LogP contribution in [-0.2, 0) is 4.74 Å². The average Bonchev–Trinajstić information content (AvgIpc) is 2.03. The van der Waals surface area contributed by atoms with E-state index in [1.165, 1.54) is 0 Å². The molecule has 0 radical (unpaired) electrons. The lowest BCUT2D eigenvalue weighted by molar-refractivity contribution is -0.241. The number of rotatable bonds is 1. The van der Waals surface area contributed by atoms with Crippen molar-refractivity contribution < 1.29 is 23.0 Å². The Bertz CT molecular complexity index is 140. The molecule has 0 aromatic heterocycles. The second-order valence-electron chi connectivity index (χ2n) is 2.89. The molecule has 72 valence electrons. The molecule has 0 bridgehead atoms. The summed E-state index contributed by atoms with van der Waals surface area (Å²) in [6.07, 6.45) is -6.17. The molecule has 1 rings (SSSR count). The van der Waals surface area contributed by atoms with Gasteiger partial charge in [0, 0.05) is 6.61 Å². The minimum Gasteiger partial charge on any atom is -0.381 e. The fourth-order valence-electron chi connectivity index (χ4n) is 1.23. The third kappa shape index (κ3) is 2.35. The summed E-state index contributed by atoms with van der Waals surface area (Å²) in [5.74, 6) is 0. The van der Waals surface area contributed by atoms with Crippen LogP contribution in [0.5, 0.6) is 0 Å². The smallest absolute Gasteiger partial charge is 0.381 e. The Morgan fingerprint density at radius 1 is 1.33 bits per heavy atom. The summed E-state index contributed by atoms with van der Waals surface area (Å²) >= 11 is 0. The van der Waals surface area contributed by atoms with E-state index < -0.39 is 18.4 Å². The third-order valence-corrected chi connectivity index (χ3v) is 1.90. The van der Waals surface area contributed by atoms with Crippen LogP contribution in [0.3, 0.4) is 0 Å². The Morgan fingerprint density at radius 2 is 2.00 bits per heavy atom. The van der Waals surface area contributed by atoms with E-state index in [1.807, 2.05) is 0 Å². The zero-order chi connectivity index (χ0) is 9.19. The van der Waals surface area contributed by atoms with Gasteiger partial charge >= 0.3 is 6.18 Å². The third-order valence-electron chi connectivity index (χ3n) is 1.90. The van der Waals surface area contributed by atoms with Crippen molar-refractivity contribution in [2.45, 2.75) is 37.6 Å². The summed E-state index contributed by atoms with van der Waals surface area (Å²) in [5.41, 5.74) is 0. The van der Waals surface area contributed by atoms with Crippen molar-refractivity contribution >= 4 is 0 Å². The van der Waals surface area contributed by atoms with E-state index in [2.05, 4.69) is 0 Å². The predicted octanol–water partition coefficient (Wildman–Crippen LogP) is 1.48. The van der Waals surface area contributed by atoms with Crippen LogP contribution in [0.25, 0.3) is 0 Å². The minimum atomic E-state index is -4.55. The number of alkyl halides is 3. The van der Waals surface area contributed by atoms with Gasteiger partial charge < -0.3 is 9.84 Å². The van der Waals surface area contributed by atoms with E-state index in [9.17, 15) is 13.2 Å². The Balaban J connectivity index is 2.45. The fraction of sp³-hybridized carbons (Fsp3) is 1.00. The predicted molar refractivity (Wildman–Crippen MR) is 35.7 cm³/mol. The molecule has 1 heterocycles. The van der Waals surface area contributed by atoms with Crippen molar-refractivity contribution in [3.05, 3.63) is 0 Å². The van der Waals surface area contributed by atoms with Gasteiger partial charge in [-0.1, -0.05) is 0 Å². The van der Waals surface area contributed by atoms with Gasteiger partial charge in [0.1, 0.15) is 0 Å². The van der Waals surface area contributed by atoms with Crippen molar-refractivity contribution in [3.8, 4) is 0 Å². The maximum Gasteiger partial charge on any atom is 0.416 e. The van der Waals surface area contributed by atoms with Gasteiger partial charge in [0.05, 0.1) is 6.10 Å². The van der Waals surface area contributed by atoms with E-state index >= 15 is 0 Å². The molecule has 2 nitrogen and oxygen atoms in total. The zero-order valence-corrected chi connectivity index (χ0v) is 6.47. The first kappa shape index (κ1) is 9.80. The molecular formula is C7H11F3O2. The van der Waals surface area contributed by atoms with Gasteiger partial charge in [0.25, 0.3) is 0 Å². The average molecular weight is 184 g/mol. The highest BCUT2D eigenvalue weighted by Gasteiger charge is 2.44. The number of hydrogen-bond acceptors (Lipinski definition) is 2. The second-order valence-corrected chi connectivity index (χ2v) is 2.89. The molecule has 5 heteroatoms. The Labute approximate surface area is 68.3 Å². The zero-order valence-electron chi connectivity index (χ0n) is 6.47. The lowest BCUT2D eigenvalue weighted by atomic mass is 10.0. The SMILES string of the molecule is OC(C1CCCCO1)C(F)(F)F. The molecule has 12 heavy (non-hydrogen) atoms. The Hall–Kier alpha value is -0.290. The topological polar surface area (TPSA) is 29.5 Å². The first-order valence-corrected chi connectivity index (χ1v) is 3.88. The number of halogens is 3. The van der Waals surface area contributed by atoms with Crippen LogP contribution in [0, 0.1) is 0 Å². The van der Waals surface area contributed by atoms with Crippen LogP contribution in [0.1, 0.15) is 19.3 Å². The van der Waals surface area contributed by atoms with Gasteiger partial charge in [0.15, 0.2) is 6.10 Å². The first-order chi connectivity index (χ1) is 5.52. The first-order valence-electron chi connectivity index (χ1n) is 3.88. The number of hydrogen-bond donors (Lipinski definition) is 1. The molecule has 0 aromatic carbocycles. The number of aliphatic hydroxyl groups excluding tert-OH is 1. The van der Waals surface area contributed by atoms with Gasteiger partial charge in [-0.2, -0.15) is 13.2 Å². The normalized spacial score (nSPS) is 28.5. The summed E-state index contributed by atoms with van der Waals surface area (Å²) in [4.78, 5) is 0. The molecule has 0 aromatic rings. The quantitative estimate of drug-likeness (QED) is 0.668. The van der Waals surface area contributed by atoms with Crippen molar-refractivity contribution in [3.63, 3.8) is 0 Å². The maximum atomic E-state index is 11.9. The van der Waals surface area contributed by atoms with Gasteiger partial charge in [-0.25, -0.2) is 0 Å². The van der Waals surface area contributed by atoms with Crippen LogP contribution in [0.15, 0.2) is 0 Å². The molecule has 1 aliphatic heterocycles. The number of ether oxygens (including phenoxy) is 1. The van der Waals surface area contributed by atoms with E-state index in [0.29, 0.717) is 19.4 Å². The molecule has 1 aliphatic rings. The van der Waals surface area contributed by atoms with Crippen molar-refractivity contribution in [1.29, 1.82) is 0 Å². The lowest BCUT2D eigenvalue weighted by Gasteiger charge is -2.28. The Morgan fingerprint density at radius 3 is 2.42 bits per heavy atom. The highest BCUT2D eigenvalue weighted by Crippen LogP contribution is 2.27. The van der Waals surface area contributed by atoms with E-state index in [-0.39, 0.29) is 0 Å². The summed E-state index contributed by atoms with van der Waals surface area (Å²) < 4.78 is 40.5. The summed E-state index contributed by atoms with van der Waals surface area (Å²) in [6.45, 7) is 0.317. The van der Waals surface area contributed by atoms with E-state index in [0.717, 1.165) is 6.42 Å². The van der Waals surface area contributed by atoms with E-state index in [1.54, 1.807) is 0 Å². The molecule has 1 N–H and O–H groups in total. The summed E-state index contributed by atoms with van der Waals surface area (Å²) in [5, 5.41) is 8.76. The maximum absolute atomic E-state index is 11.9. The number of aliphatic hydroxyl groups is 1. The summed E-state index contributed by atoms with van der Waals surface area (Å²) in [6, 6.07) is 0. The molecule has 0 aliphatic carbocycles. The molecular weight excluding hydrogens is 173 g/mol. The van der Waals surface area contributed by atoms with Crippen LogP contribution in [0.2, 0.25) is 0 Å². The monoisotopic (exact) mass is 184 g/mol. The minimum absolute atomic E-state index is 0.292. The molecule has 2 unspecified atom stereocenters. The second kappa shape index (κ2) is 3.62. The van der Waals surface area contributed by atoms with Crippen molar-refractivity contribution in [2.24, 2.45) is 0 Å². The van der Waals surface area contributed by atoms with Crippen LogP contribution in [0.4, 0.5) is 13.2 Å². The van der Waals surface area contributed by atoms with Crippen LogP contribution in [-0.4, -0.2) is 30.1 Å². The molecule has 0 amide bonds. The van der Waals surface area contributed by atoms with Gasteiger partial charge in [-0.15, -0.1) is 0 Å².